The number of rotatable bonds is 3. The number of nitrogens with one attached hydrogen (secondary N) is 2. The summed E-state index contributed by atoms with van der Waals surface area (Å²) < 4.78 is 30.3. The Morgan fingerprint density at radius 1 is 1.31 bits per heavy atom. The molecule has 2 atom stereocenters. The van der Waals surface area contributed by atoms with Crippen LogP contribution < -0.4 is 14.8 Å². The molecule has 35 heavy (non-hydrogen) atoms. The van der Waals surface area contributed by atoms with Crippen molar-refractivity contribution in [2.24, 2.45) is 12.5 Å². The molecule has 2 unspecified atom stereocenters. The number of nitrogens with zero attached hydrogens (tertiary/aromatic N) is 4. The van der Waals surface area contributed by atoms with Crippen molar-refractivity contribution < 1.29 is 23.1 Å². The van der Waals surface area contributed by atoms with Gasteiger partial charge in [0, 0.05) is 50.4 Å². The lowest BCUT2D eigenvalue weighted by Crippen LogP contribution is -2.44. The highest BCUT2D eigenvalue weighted by molar-refractivity contribution is 7.97. The number of fused-ring (bicyclic) bond motifs is 2. The molecule has 1 aromatic carbocycles. The molecule has 1 fully saturated rings. The van der Waals surface area contributed by atoms with Gasteiger partial charge in [-0.25, -0.2) is 4.39 Å². The van der Waals surface area contributed by atoms with Gasteiger partial charge in [-0.3, -0.25) is 14.3 Å². The van der Waals surface area contributed by atoms with E-state index in [0.717, 1.165) is 4.90 Å². The maximum absolute atomic E-state index is 13.6. The predicted molar refractivity (Wildman–Crippen MR) is 126 cm³/mol. The molecule has 2 amide bonds. The van der Waals surface area contributed by atoms with Crippen LogP contribution in [0.4, 0.5) is 10.1 Å². The van der Waals surface area contributed by atoms with Crippen LogP contribution in [-0.4, -0.2) is 57.2 Å². The molecule has 2 aliphatic rings. The van der Waals surface area contributed by atoms with Gasteiger partial charge in [-0.05, 0) is 42.6 Å². The van der Waals surface area contributed by atoms with Gasteiger partial charge in [0.1, 0.15) is 5.82 Å². The summed E-state index contributed by atoms with van der Waals surface area (Å²) in [5, 5.41) is 10.4. The Morgan fingerprint density at radius 2 is 2.11 bits per heavy atom. The zero-order valence-electron chi connectivity index (χ0n) is 19.7. The van der Waals surface area contributed by atoms with E-state index in [9.17, 15) is 14.0 Å². The Morgan fingerprint density at radius 3 is 2.83 bits per heavy atom. The fourth-order valence-corrected chi connectivity index (χ4v) is 5.47. The van der Waals surface area contributed by atoms with Crippen LogP contribution in [0.2, 0.25) is 0 Å². The molecule has 10 nitrogen and oxygen atoms in total. The van der Waals surface area contributed by atoms with Gasteiger partial charge >= 0.3 is 11.8 Å². The molecule has 3 aromatic rings. The van der Waals surface area contributed by atoms with Gasteiger partial charge in [0.2, 0.25) is 5.89 Å². The number of anilines is 1. The molecule has 1 saturated heterocycles. The Balaban J connectivity index is 1.35. The third kappa shape index (κ3) is 4.27. The summed E-state index contributed by atoms with van der Waals surface area (Å²) in [6.07, 6.45) is 1.82. The number of carbonyl (C=O) groups excluding carboxylic acids is 2. The molecule has 184 valence electrons. The van der Waals surface area contributed by atoms with Crippen LogP contribution in [0.3, 0.4) is 0 Å². The quantitative estimate of drug-likeness (QED) is 0.528. The number of likely N-dealkylation sites (tertiary alicyclic amines) is 1. The van der Waals surface area contributed by atoms with E-state index in [-0.39, 0.29) is 36.2 Å². The number of aromatic nitrogens is 3. The van der Waals surface area contributed by atoms with Gasteiger partial charge in [-0.15, -0.1) is 10.2 Å². The Hall–Kier alpha value is -3.38. The van der Waals surface area contributed by atoms with E-state index in [1.54, 1.807) is 36.4 Å². The zero-order chi connectivity index (χ0) is 24.9. The third-order valence-corrected chi connectivity index (χ3v) is 7.30. The highest BCUT2D eigenvalue weighted by Gasteiger charge is 2.47. The van der Waals surface area contributed by atoms with Crippen molar-refractivity contribution in [3.05, 3.63) is 53.3 Å². The minimum absolute atomic E-state index is 0.0344. The average molecular weight is 501 g/mol. The van der Waals surface area contributed by atoms with Crippen LogP contribution in [0.25, 0.3) is 0 Å². The first-order chi connectivity index (χ1) is 16.6. The molecule has 0 bridgehead atoms. The third-order valence-electron chi connectivity index (χ3n) is 6.38. The fourth-order valence-electron chi connectivity index (χ4n) is 4.39. The summed E-state index contributed by atoms with van der Waals surface area (Å²) in [6.45, 7) is 6.46. The van der Waals surface area contributed by atoms with Crippen LogP contribution in [0.15, 0.2) is 33.7 Å². The molecule has 2 aromatic heterocycles. The molecule has 5 rings (SSSR count). The molecule has 0 spiro atoms. The summed E-state index contributed by atoms with van der Waals surface area (Å²) in [6, 6.07) is 4.36. The minimum atomic E-state index is -0.424. The number of benzene rings is 1. The van der Waals surface area contributed by atoms with Crippen molar-refractivity contribution in [1.29, 1.82) is 0 Å². The molecule has 4 heterocycles. The Bertz CT molecular complexity index is 1320. The number of halogens is 1. The van der Waals surface area contributed by atoms with E-state index >= 15 is 0 Å². The van der Waals surface area contributed by atoms with Crippen molar-refractivity contribution in [2.75, 3.05) is 25.0 Å². The summed E-state index contributed by atoms with van der Waals surface area (Å²) >= 11 is 1.36. The molecule has 2 aliphatic heterocycles. The van der Waals surface area contributed by atoms with Crippen molar-refractivity contribution in [3.8, 4) is 5.75 Å². The fraction of sp³-hybridized carbons (Fsp3) is 0.391. The highest BCUT2D eigenvalue weighted by Crippen LogP contribution is 2.41. The standard InChI is InChI=1S/C23H25FN6O4S/c1-12-7-14(5-6-15(12)24)25-20(31)18-19-16(8-29(18)4)35-28-17-9-30(10-23(17,3)11-33-19)22(32)21-27-26-13(2)34-21/h5-8,17,28H,9-11H2,1-4H3,(H,25,31). The van der Waals surface area contributed by atoms with E-state index < -0.39 is 5.41 Å². The van der Waals surface area contributed by atoms with Crippen LogP contribution in [-0.2, 0) is 7.05 Å². The van der Waals surface area contributed by atoms with Crippen molar-refractivity contribution in [3.63, 3.8) is 0 Å². The van der Waals surface area contributed by atoms with Crippen molar-refractivity contribution in [2.45, 2.75) is 31.7 Å². The smallest absolute Gasteiger partial charge is 0.311 e. The summed E-state index contributed by atoms with van der Waals surface area (Å²) in [4.78, 5) is 28.5. The number of hydrogen-bond acceptors (Lipinski definition) is 8. The number of carbonyl (C=O) groups is 2. The van der Waals surface area contributed by atoms with E-state index in [0.29, 0.717) is 41.7 Å². The topological polar surface area (TPSA) is 115 Å². The molecular formula is C23H25FN6O4S. The van der Waals surface area contributed by atoms with E-state index in [4.69, 9.17) is 9.15 Å². The Labute approximate surface area is 205 Å². The normalized spacial score (nSPS) is 21.5. The number of aryl methyl sites for hydroxylation is 3. The SMILES string of the molecule is Cc1nnc(C(=O)N2CC3NSc4cn(C)c(C(=O)Nc5ccc(F)c(C)c5)c4OCC3(C)C2)o1. The van der Waals surface area contributed by atoms with Crippen molar-refractivity contribution in [1.82, 2.24) is 24.4 Å². The first-order valence-electron chi connectivity index (χ1n) is 11.1. The van der Waals surface area contributed by atoms with E-state index in [2.05, 4.69) is 20.2 Å². The summed E-state index contributed by atoms with van der Waals surface area (Å²) in [5.74, 6) is -0.264. The lowest BCUT2D eigenvalue weighted by atomic mass is 9.87. The number of amides is 2. The molecular weight excluding hydrogens is 475 g/mol. The van der Waals surface area contributed by atoms with Gasteiger partial charge in [0.15, 0.2) is 11.4 Å². The van der Waals surface area contributed by atoms with Crippen LogP contribution >= 0.6 is 11.9 Å². The number of hydrogen-bond donors (Lipinski definition) is 2. The zero-order valence-corrected chi connectivity index (χ0v) is 20.5. The van der Waals surface area contributed by atoms with Gasteiger partial charge in [0.05, 0.1) is 11.5 Å². The van der Waals surface area contributed by atoms with Gasteiger partial charge < -0.3 is 23.9 Å². The maximum Gasteiger partial charge on any atom is 0.311 e. The minimum Gasteiger partial charge on any atom is -0.489 e. The largest absolute Gasteiger partial charge is 0.489 e. The van der Waals surface area contributed by atoms with Crippen molar-refractivity contribution >= 4 is 29.4 Å². The molecule has 0 radical (unpaired) electrons. The lowest BCUT2D eigenvalue weighted by Gasteiger charge is -2.32. The highest BCUT2D eigenvalue weighted by atomic mass is 32.2. The van der Waals surface area contributed by atoms with Crippen LogP contribution in [0.5, 0.6) is 5.75 Å². The second-order valence-corrected chi connectivity index (χ2v) is 10.1. The number of ether oxygens (including phenoxy) is 1. The predicted octanol–water partition coefficient (Wildman–Crippen LogP) is 2.94. The second-order valence-electron chi connectivity index (χ2n) is 9.23. The summed E-state index contributed by atoms with van der Waals surface area (Å²) in [7, 11) is 1.77. The monoisotopic (exact) mass is 500 g/mol. The molecule has 0 aliphatic carbocycles. The lowest BCUT2D eigenvalue weighted by molar-refractivity contribution is 0.0717. The van der Waals surface area contributed by atoms with Crippen LogP contribution in [0, 0.1) is 25.1 Å². The molecule has 2 N–H and O–H groups in total. The van der Waals surface area contributed by atoms with E-state index in [1.807, 2.05) is 13.1 Å². The molecule has 0 saturated carbocycles. The maximum atomic E-state index is 13.6. The van der Waals surface area contributed by atoms with Gasteiger partial charge in [0.25, 0.3) is 5.91 Å². The van der Waals surface area contributed by atoms with Gasteiger partial charge in [-0.1, -0.05) is 6.92 Å². The van der Waals surface area contributed by atoms with Crippen LogP contribution in [0.1, 0.15) is 39.6 Å². The first-order valence-corrected chi connectivity index (χ1v) is 11.9. The first kappa shape index (κ1) is 23.4. The van der Waals surface area contributed by atoms with Gasteiger partial charge in [-0.2, -0.15) is 0 Å². The average Bonchev–Trinajstić information content (AvgIpc) is 3.47. The van der Waals surface area contributed by atoms with E-state index in [1.165, 1.54) is 24.1 Å². The second kappa shape index (κ2) is 8.68. The summed E-state index contributed by atoms with van der Waals surface area (Å²) in [5.41, 5.74) is 0.864. The Kier molecular flexibility index (Phi) is 5.80. The molecule has 12 heteroatoms.